The molecule has 0 aliphatic rings. The van der Waals surface area contributed by atoms with E-state index in [0.717, 1.165) is 42.1 Å². The van der Waals surface area contributed by atoms with Gasteiger partial charge >= 0.3 is 5.97 Å². The summed E-state index contributed by atoms with van der Waals surface area (Å²) >= 11 is 0. The van der Waals surface area contributed by atoms with E-state index < -0.39 is 42.2 Å². The van der Waals surface area contributed by atoms with Crippen LogP contribution in [0.5, 0.6) is 0 Å². The van der Waals surface area contributed by atoms with Crippen molar-refractivity contribution in [2.75, 3.05) is 6.54 Å². The molecule has 2 rings (SSSR count). The SMILES string of the molecule is NC(=O)[C@H](Cc1c[nH]c2ccccc12)NC(=O)[C@H](CC(=O)O)NC(=O)CCCCCCCN=C(N)N. The van der Waals surface area contributed by atoms with Gasteiger partial charge in [-0.2, -0.15) is 0 Å². The van der Waals surface area contributed by atoms with Gasteiger partial charge in [0.2, 0.25) is 17.7 Å². The van der Waals surface area contributed by atoms with Crippen LogP contribution in [-0.2, 0) is 25.6 Å². The van der Waals surface area contributed by atoms with Gasteiger partial charge in [-0.15, -0.1) is 0 Å². The van der Waals surface area contributed by atoms with Crippen molar-refractivity contribution >= 4 is 40.6 Å². The maximum absolute atomic E-state index is 12.8. The monoisotopic (exact) mass is 501 g/mol. The molecule has 0 unspecified atom stereocenters. The van der Waals surface area contributed by atoms with Gasteiger partial charge in [-0.3, -0.25) is 24.2 Å². The Kier molecular flexibility index (Phi) is 11.2. The number of carbonyl (C=O) groups is 4. The number of carbonyl (C=O) groups excluding carboxylic acids is 3. The molecular formula is C24H35N7O5. The van der Waals surface area contributed by atoms with Gasteiger partial charge in [-0.05, 0) is 24.5 Å². The van der Waals surface area contributed by atoms with E-state index in [1.807, 2.05) is 24.3 Å². The van der Waals surface area contributed by atoms with Gasteiger partial charge < -0.3 is 37.9 Å². The minimum absolute atomic E-state index is 0.0618. The fraction of sp³-hybridized carbons (Fsp3) is 0.458. The van der Waals surface area contributed by atoms with E-state index >= 15 is 0 Å². The van der Waals surface area contributed by atoms with Crippen LogP contribution in [0.15, 0.2) is 35.5 Å². The van der Waals surface area contributed by atoms with Crippen LogP contribution in [0.1, 0.15) is 50.5 Å². The van der Waals surface area contributed by atoms with E-state index in [2.05, 4.69) is 20.6 Å². The number of para-hydroxylation sites is 1. The van der Waals surface area contributed by atoms with E-state index in [0.29, 0.717) is 13.0 Å². The molecular weight excluding hydrogens is 466 g/mol. The van der Waals surface area contributed by atoms with E-state index in [9.17, 15) is 24.3 Å². The topological polar surface area (TPSA) is 219 Å². The number of benzene rings is 1. The molecule has 0 radical (unpaired) electrons. The molecule has 36 heavy (non-hydrogen) atoms. The lowest BCUT2D eigenvalue weighted by atomic mass is 10.0. The molecule has 2 aromatic rings. The average molecular weight is 502 g/mol. The molecule has 0 spiro atoms. The maximum Gasteiger partial charge on any atom is 0.305 e. The van der Waals surface area contributed by atoms with Gasteiger partial charge in [-0.25, -0.2) is 0 Å². The maximum atomic E-state index is 12.8. The third kappa shape index (κ3) is 9.65. The highest BCUT2D eigenvalue weighted by Gasteiger charge is 2.28. The molecule has 0 saturated carbocycles. The second-order valence-electron chi connectivity index (χ2n) is 8.57. The number of aliphatic imine (C=N–C) groups is 1. The lowest BCUT2D eigenvalue weighted by molar-refractivity contribution is -0.141. The predicted octanol–water partition coefficient (Wildman–Crippen LogP) is 0.254. The van der Waals surface area contributed by atoms with Crippen molar-refractivity contribution in [1.82, 2.24) is 15.6 Å². The Balaban J connectivity index is 1.88. The number of aromatic amines is 1. The molecule has 1 heterocycles. The van der Waals surface area contributed by atoms with E-state index in [4.69, 9.17) is 17.2 Å². The molecule has 0 fully saturated rings. The first kappa shape index (κ1) is 28.1. The number of carboxylic acids is 1. The number of rotatable bonds is 16. The second-order valence-corrected chi connectivity index (χ2v) is 8.57. The van der Waals surface area contributed by atoms with Crippen molar-refractivity contribution < 1.29 is 24.3 Å². The average Bonchev–Trinajstić information content (AvgIpc) is 3.22. The van der Waals surface area contributed by atoms with Crippen LogP contribution in [0.4, 0.5) is 0 Å². The minimum Gasteiger partial charge on any atom is -0.481 e. The van der Waals surface area contributed by atoms with Crippen LogP contribution in [0.3, 0.4) is 0 Å². The molecule has 196 valence electrons. The number of primary amides is 1. The number of H-pyrrole nitrogens is 1. The summed E-state index contributed by atoms with van der Waals surface area (Å²) < 4.78 is 0. The first-order valence-corrected chi connectivity index (χ1v) is 11.9. The number of nitrogens with zero attached hydrogens (tertiary/aromatic N) is 1. The standard InChI is InChI=1S/C24H35N7O5/c25-22(35)18(12-15-14-29-17-9-6-5-8-16(15)17)31-23(36)19(13-21(33)34)30-20(32)10-4-2-1-3-7-11-28-24(26)27/h5-6,8-9,14,18-19,29H,1-4,7,10-13H2,(H2,25,35)(H,30,32)(H,31,36)(H,33,34)(H4,26,27,28)/t18-,19-/m0/s1. The fourth-order valence-corrected chi connectivity index (χ4v) is 3.80. The molecule has 0 bridgehead atoms. The summed E-state index contributed by atoms with van der Waals surface area (Å²) in [6, 6.07) is 5.05. The molecule has 10 N–H and O–H groups in total. The zero-order valence-electron chi connectivity index (χ0n) is 20.2. The number of aliphatic carboxylic acids is 1. The summed E-state index contributed by atoms with van der Waals surface area (Å²) in [5.74, 6) is -3.19. The Morgan fingerprint density at radius 3 is 2.33 bits per heavy atom. The van der Waals surface area contributed by atoms with E-state index in [1.165, 1.54) is 0 Å². The molecule has 0 saturated heterocycles. The number of fused-ring (bicyclic) bond motifs is 1. The van der Waals surface area contributed by atoms with Gasteiger partial charge in [0.1, 0.15) is 12.1 Å². The van der Waals surface area contributed by atoms with Crippen molar-refractivity contribution in [3.8, 4) is 0 Å². The molecule has 2 atom stereocenters. The van der Waals surface area contributed by atoms with Crippen molar-refractivity contribution in [2.45, 2.75) is 63.5 Å². The smallest absolute Gasteiger partial charge is 0.305 e. The summed E-state index contributed by atoms with van der Waals surface area (Å²) in [7, 11) is 0. The van der Waals surface area contributed by atoms with Crippen LogP contribution in [0, 0.1) is 0 Å². The van der Waals surface area contributed by atoms with Crippen LogP contribution < -0.4 is 27.8 Å². The number of guanidine groups is 1. The first-order chi connectivity index (χ1) is 17.2. The second kappa shape index (κ2) is 14.3. The molecule has 1 aromatic carbocycles. The zero-order chi connectivity index (χ0) is 26.5. The highest BCUT2D eigenvalue weighted by Crippen LogP contribution is 2.19. The lowest BCUT2D eigenvalue weighted by Crippen LogP contribution is -2.54. The molecule has 12 nitrogen and oxygen atoms in total. The highest BCUT2D eigenvalue weighted by atomic mass is 16.4. The Bertz CT molecular complexity index is 1080. The number of nitrogens with one attached hydrogen (secondary N) is 3. The summed E-state index contributed by atoms with van der Waals surface area (Å²) in [5.41, 5.74) is 17.7. The number of hydrogen-bond donors (Lipinski definition) is 7. The summed E-state index contributed by atoms with van der Waals surface area (Å²) in [4.78, 5) is 55.5. The Hall–Kier alpha value is -4.09. The Morgan fingerprint density at radius 1 is 0.944 bits per heavy atom. The predicted molar refractivity (Wildman–Crippen MR) is 136 cm³/mol. The Labute approximate surface area is 209 Å². The number of amides is 3. The van der Waals surface area contributed by atoms with Gasteiger partial charge in [0.05, 0.1) is 6.42 Å². The summed E-state index contributed by atoms with van der Waals surface area (Å²) in [5, 5.41) is 15.1. The number of aromatic nitrogens is 1. The van der Waals surface area contributed by atoms with Gasteiger partial charge in [0.25, 0.3) is 0 Å². The van der Waals surface area contributed by atoms with Crippen molar-refractivity contribution in [3.63, 3.8) is 0 Å². The van der Waals surface area contributed by atoms with Gasteiger partial charge in [0, 0.05) is 36.5 Å². The van der Waals surface area contributed by atoms with E-state index in [1.54, 1.807) is 6.20 Å². The van der Waals surface area contributed by atoms with Crippen molar-refractivity contribution in [1.29, 1.82) is 0 Å². The fourth-order valence-electron chi connectivity index (χ4n) is 3.80. The summed E-state index contributed by atoms with van der Waals surface area (Å²) in [6.45, 7) is 0.557. The molecule has 12 heteroatoms. The first-order valence-electron chi connectivity index (χ1n) is 11.9. The number of carboxylic acid groups (broad SMARTS) is 1. The zero-order valence-corrected chi connectivity index (χ0v) is 20.2. The summed E-state index contributed by atoms with van der Waals surface area (Å²) in [6.07, 6.45) is 5.37. The number of nitrogens with two attached hydrogens (primary N) is 3. The molecule has 1 aromatic heterocycles. The third-order valence-electron chi connectivity index (χ3n) is 5.65. The van der Waals surface area contributed by atoms with Crippen molar-refractivity contribution in [3.05, 3.63) is 36.0 Å². The number of unbranched alkanes of at least 4 members (excludes halogenated alkanes) is 4. The van der Waals surface area contributed by atoms with E-state index in [-0.39, 0.29) is 18.8 Å². The quantitative estimate of drug-likeness (QED) is 0.0964. The normalized spacial score (nSPS) is 12.4. The van der Waals surface area contributed by atoms with Crippen LogP contribution >= 0.6 is 0 Å². The van der Waals surface area contributed by atoms with Gasteiger partial charge in [-0.1, -0.05) is 37.5 Å². The van der Waals surface area contributed by atoms with Crippen LogP contribution in [0.2, 0.25) is 0 Å². The van der Waals surface area contributed by atoms with Gasteiger partial charge in [0.15, 0.2) is 5.96 Å². The highest BCUT2D eigenvalue weighted by molar-refractivity contribution is 5.94. The minimum atomic E-state index is -1.33. The van der Waals surface area contributed by atoms with Crippen LogP contribution in [-0.4, -0.2) is 58.4 Å². The van der Waals surface area contributed by atoms with Crippen molar-refractivity contribution in [2.24, 2.45) is 22.2 Å². The lowest BCUT2D eigenvalue weighted by Gasteiger charge is -2.21. The van der Waals surface area contributed by atoms with Crippen LogP contribution in [0.25, 0.3) is 10.9 Å². The molecule has 3 amide bonds. The Morgan fingerprint density at radius 2 is 1.64 bits per heavy atom. The number of hydrogen-bond acceptors (Lipinski definition) is 5. The third-order valence-corrected chi connectivity index (χ3v) is 5.65. The molecule has 0 aliphatic carbocycles. The largest absolute Gasteiger partial charge is 0.481 e. The molecule has 0 aliphatic heterocycles.